The topological polar surface area (TPSA) is 59.9 Å². The summed E-state index contributed by atoms with van der Waals surface area (Å²) < 4.78 is 38.6. The number of hydrogen-bond donors (Lipinski definition) is 1. The fourth-order valence-electron chi connectivity index (χ4n) is 3.99. The lowest BCUT2D eigenvalue weighted by Crippen LogP contribution is -2.42. The maximum Gasteiger partial charge on any atom is 0.411 e. The number of piperidine rings is 1. The molecule has 3 heterocycles. The van der Waals surface area contributed by atoms with Crippen molar-refractivity contribution in [3.05, 3.63) is 42.6 Å². The first-order valence-electron chi connectivity index (χ1n) is 9.49. The van der Waals surface area contributed by atoms with E-state index >= 15 is 0 Å². The van der Waals surface area contributed by atoms with Crippen molar-refractivity contribution in [2.45, 2.75) is 19.0 Å². The fraction of sp³-hybridized carbons (Fsp3) is 0.400. The van der Waals surface area contributed by atoms with Gasteiger partial charge in [-0.05, 0) is 37.1 Å². The van der Waals surface area contributed by atoms with Gasteiger partial charge < -0.3 is 14.9 Å². The summed E-state index contributed by atoms with van der Waals surface area (Å²) in [6.45, 7) is 1.49. The Balaban J connectivity index is 1.50. The van der Waals surface area contributed by atoms with Gasteiger partial charge in [-0.15, -0.1) is 0 Å². The van der Waals surface area contributed by atoms with Crippen LogP contribution in [0.1, 0.15) is 12.8 Å². The van der Waals surface area contributed by atoms with E-state index < -0.39 is 18.2 Å². The molecule has 1 fully saturated rings. The van der Waals surface area contributed by atoms with E-state index in [-0.39, 0.29) is 12.8 Å². The SMILES string of the molecule is O=C(O)N1CCN(c2ccc(N3CCC(C(F)(F)F)CC3)cn2)c2ccccc21. The molecule has 2 aliphatic rings. The van der Waals surface area contributed by atoms with Gasteiger partial charge in [-0.3, -0.25) is 4.90 Å². The maximum absolute atomic E-state index is 12.9. The highest BCUT2D eigenvalue weighted by Gasteiger charge is 2.41. The number of fused-ring (bicyclic) bond motifs is 1. The van der Waals surface area contributed by atoms with Crippen LogP contribution in [-0.4, -0.2) is 48.5 Å². The number of rotatable bonds is 2. The van der Waals surface area contributed by atoms with E-state index in [1.54, 1.807) is 18.3 Å². The monoisotopic (exact) mass is 406 g/mol. The van der Waals surface area contributed by atoms with E-state index in [0.717, 1.165) is 11.4 Å². The zero-order valence-corrected chi connectivity index (χ0v) is 15.6. The number of carboxylic acid groups (broad SMARTS) is 1. The Morgan fingerprint density at radius 3 is 2.28 bits per heavy atom. The zero-order chi connectivity index (χ0) is 20.6. The number of para-hydroxylation sites is 2. The van der Waals surface area contributed by atoms with E-state index in [4.69, 9.17) is 0 Å². The Hall–Kier alpha value is -2.97. The van der Waals surface area contributed by atoms with Gasteiger partial charge in [0.25, 0.3) is 0 Å². The quantitative estimate of drug-likeness (QED) is 0.796. The van der Waals surface area contributed by atoms with Crippen LogP contribution in [-0.2, 0) is 0 Å². The lowest BCUT2D eigenvalue weighted by Gasteiger charge is -2.36. The molecule has 1 amide bonds. The molecule has 6 nitrogen and oxygen atoms in total. The number of halogens is 3. The minimum atomic E-state index is -4.13. The van der Waals surface area contributed by atoms with Gasteiger partial charge >= 0.3 is 12.3 Å². The highest BCUT2D eigenvalue weighted by atomic mass is 19.4. The first-order chi connectivity index (χ1) is 13.8. The van der Waals surface area contributed by atoms with E-state index in [1.165, 1.54) is 4.90 Å². The summed E-state index contributed by atoms with van der Waals surface area (Å²) in [6.07, 6.45) is -3.26. The van der Waals surface area contributed by atoms with Gasteiger partial charge in [0.1, 0.15) is 5.82 Å². The maximum atomic E-state index is 12.9. The predicted molar refractivity (Wildman–Crippen MR) is 104 cm³/mol. The number of aromatic nitrogens is 1. The third-order valence-electron chi connectivity index (χ3n) is 5.57. The van der Waals surface area contributed by atoms with E-state index in [9.17, 15) is 23.1 Å². The molecule has 1 N–H and O–H groups in total. The van der Waals surface area contributed by atoms with E-state index in [1.807, 2.05) is 34.1 Å². The molecule has 4 rings (SSSR count). The van der Waals surface area contributed by atoms with Gasteiger partial charge in [-0.1, -0.05) is 12.1 Å². The molecule has 0 spiro atoms. The van der Waals surface area contributed by atoms with Gasteiger partial charge in [0.2, 0.25) is 0 Å². The Morgan fingerprint density at radius 1 is 1.00 bits per heavy atom. The summed E-state index contributed by atoms with van der Waals surface area (Å²) in [5.41, 5.74) is 2.16. The fourth-order valence-corrected chi connectivity index (χ4v) is 3.99. The largest absolute Gasteiger partial charge is 0.465 e. The summed E-state index contributed by atoms with van der Waals surface area (Å²) >= 11 is 0. The number of anilines is 4. The van der Waals surface area contributed by atoms with Crippen molar-refractivity contribution in [2.24, 2.45) is 5.92 Å². The highest BCUT2D eigenvalue weighted by molar-refractivity contribution is 5.93. The number of alkyl halides is 3. The molecule has 0 bridgehead atoms. The van der Waals surface area contributed by atoms with Crippen LogP contribution in [0.2, 0.25) is 0 Å². The van der Waals surface area contributed by atoms with Crippen molar-refractivity contribution in [3.63, 3.8) is 0 Å². The molecule has 2 aromatic rings. The standard InChI is InChI=1S/C20H21F3N4O2/c21-20(22,23)14-7-9-25(10-8-14)15-5-6-18(24-13-15)26-11-12-27(19(28)29)17-4-2-1-3-16(17)26/h1-6,13-14H,7-12H2,(H,28,29). The lowest BCUT2D eigenvalue weighted by molar-refractivity contribution is -0.179. The van der Waals surface area contributed by atoms with Crippen LogP contribution < -0.4 is 14.7 Å². The summed E-state index contributed by atoms with van der Waals surface area (Å²) in [7, 11) is 0. The van der Waals surface area contributed by atoms with Crippen LogP contribution in [0.15, 0.2) is 42.6 Å². The summed E-state index contributed by atoms with van der Waals surface area (Å²) in [4.78, 5) is 21.2. The molecule has 0 radical (unpaired) electrons. The van der Waals surface area contributed by atoms with E-state index in [2.05, 4.69) is 4.98 Å². The summed E-state index contributed by atoms with van der Waals surface area (Å²) in [5, 5.41) is 9.41. The van der Waals surface area contributed by atoms with Crippen molar-refractivity contribution in [3.8, 4) is 0 Å². The number of nitrogens with zero attached hydrogens (tertiary/aromatic N) is 4. The van der Waals surface area contributed by atoms with Crippen LogP contribution in [0.3, 0.4) is 0 Å². The molecule has 0 saturated carbocycles. The molecular formula is C20H21F3N4O2. The summed E-state index contributed by atoms with van der Waals surface area (Å²) in [5.74, 6) is -0.551. The molecular weight excluding hydrogens is 385 g/mol. The normalized spacial score (nSPS) is 18.0. The first-order valence-corrected chi connectivity index (χ1v) is 9.49. The minimum Gasteiger partial charge on any atom is -0.465 e. The molecule has 2 aliphatic heterocycles. The van der Waals surface area contributed by atoms with Crippen LogP contribution in [0.4, 0.5) is 40.8 Å². The average molecular weight is 406 g/mol. The van der Waals surface area contributed by atoms with Crippen molar-refractivity contribution in [1.29, 1.82) is 0 Å². The molecule has 0 unspecified atom stereocenters. The van der Waals surface area contributed by atoms with Crippen molar-refractivity contribution in [2.75, 3.05) is 40.9 Å². The number of hydrogen-bond acceptors (Lipinski definition) is 4. The molecule has 29 heavy (non-hydrogen) atoms. The Kier molecular flexibility index (Phi) is 4.97. The van der Waals surface area contributed by atoms with Crippen LogP contribution >= 0.6 is 0 Å². The van der Waals surface area contributed by atoms with Gasteiger partial charge in [0.15, 0.2) is 0 Å². The van der Waals surface area contributed by atoms with Crippen molar-refractivity contribution in [1.82, 2.24) is 4.98 Å². The molecule has 1 aromatic heterocycles. The van der Waals surface area contributed by atoms with Gasteiger partial charge in [-0.2, -0.15) is 13.2 Å². The minimum absolute atomic E-state index is 0.0930. The zero-order valence-electron chi connectivity index (χ0n) is 15.6. The molecule has 0 atom stereocenters. The van der Waals surface area contributed by atoms with Gasteiger partial charge in [-0.25, -0.2) is 9.78 Å². The average Bonchev–Trinajstić information content (AvgIpc) is 2.72. The van der Waals surface area contributed by atoms with Crippen LogP contribution in [0.25, 0.3) is 0 Å². The molecule has 1 aromatic carbocycles. The molecule has 0 aliphatic carbocycles. The summed E-state index contributed by atoms with van der Waals surface area (Å²) in [6, 6.07) is 10.9. The molecule has 154 valence electrons. The number of carbonyl (C=O) groups is 1. The smallest absolute Gasteiger partial charge is 0.411 e. The molecule has 1 saturated heterocycles. The molecule has 9 heteroatoms. The first kappa shape index (κ1) is 19.4. The second-order valence-electron chi connectivity index (χ2n) is 7.25. The van der Waals surface area contributed by atoms with Crippen LogP contribution in [0.5, 0.6) is 0 Å². The highest BCUT2D eigenvalue weighted by Crippen LogP contribution is 2.38. The van der Waals surface area contributed by atoms with Crippen LogP contribution in [0, 0.1) is 5.92 Å². The third kappa shape index (κ3) is 3.81. The number of amides is 1. The third-order valence-corrected chi connectivity index (χ3v) is 5.57. The predicted octanol–water partition coefficient (Wildman–Crippen LogP) is 4.50. The second-order valence-corrected chi connectivity index (χ2v) is 7.25. The Morgan fingerprint density at radius 2 is 1.69 bits per heavy atom. The van der Waals surface area contributed by atoms with Gasteiger partial charge in [0, 0.05) is 26.2 Å². The number of benzene rings is 1. The second kappa shape index (κ2) is 7.46. The Bertz CT molecular complexity index is 880. The van der Waals surface area contributed by atoms with Crippen molar-refractivity contribution >= 4 is 29.0 Å². The Labute approximate surface area is 166 Å². The van der Waals surface area contributed by atoms with Crippen molar-refractivity contribution < 1.29 is 23.1 Å². The lowest BCUT2D eigenvalue weighted by atomic mass is 9.96. The van der Waals surface area contributed by atoms with Gasteiger partial charge in [0.05, 0.1) is 29.2 Å². The number of pyridine rings is 1. The van der Waals surface area contributed by atoms with E-state index in [0.29, 0.717) is 37.7 Å².